The van der Waals surface area contributed by atoms with Crippen molar-refractivity contribution in [3.8, 4) is 0 Å². The summed E-state index contributed by atoms with van der Waals surface area (Å²) in [5.41, 5.74) is 0. The molecule has 3 fully saturated rings. The summed E-state index contributed by atoms with van der Waals surface area (Å²) < 4.78 is 46.2. The van der Waals surface area contributed by atoms with E-state index in [4.69, 9.17) is 27.9 Å². The third-order valence-electron chi connectivity index (χ3n) is 4.33. The maximum absolute atomic E-state index is 10.6. The molecule has 0 aromatic carbocycles. The van der Waals surface area contributed by atoms with Crippen LogP contribution in [0.5, 0.6) is 0 Å². The molecule has 0 saturated carbocycles. The molecule has 3 saturated heterocycles. The van der Waals surface area contributed by atoms with Crippen LogP contribution in [0, 0.1) is 0 Å². The predicted octanol–water partition coefficient (Wildman–Crippen LogP) is 2.63. The fraction of sp³-hybridized carbons (Fsp3) is 1.00. The molecule has 3 rings (SSSR count). The second-order valence-electron chi connectivity index (χ2n) is 7.66. The van der Waals surface area contributed by atoms with E-state index in [1.54, 1.807) is 6.26 Å². The monoisotopic (exact) mass is 366 g/mol. The quantitative estimate of drug-likeness (QED) is 0.801. The van der Waals surface area contributed by atoms with E-state index in [0.29, 0.717) is 12.4 Å². The Morgan fingerprint density at radius 1 is 1.08 bits per heavy atom. The first-order valence-corrected chi connectivity index (χ1v) is 10.6. The van der Waals surface area contributed by atoms with Crippen LogP contribution in [0.2, 0.25) is 0 Å². The van der Waals surface area contributed by atoms with E-state index >= 15 is 0 Å². The first-order chi connectivity index (χ1) is 11.0. The second-order valence-corrected chi connectivity index (χ2v) is 10.2. The second kappa shape index (κ2) is 6.35. The lowest BCUT2D eigenvalue weighted by Crippen LogP contribution is -2.44. The predicted molar refractivity (Wildman–Crippen MR) is 89.8 cm³/mol. The maximum Gasteiger partial charge on any atom is 0.190 e. The summed E-state index contributed by atoms with van der Waals surface area (Å²) in [6.45, 7) is 9.85. The Morgan fingerprint density at radius 3 is 2.38 bits per heavy atom. The molecule has 8 heteroatoms. The van der Waals surface area contributed by atoms with Crippen LogP contribution in [0.3, 0.4) is 0 Å². The molecule has 0 amide bonds. The summed E-state index contributed by atoms with van der Waals surface area (Å²) in [4.78, 5) is 0. The molecule has 0 aromatic heterocycles. The first-order valence-electron chi connectivity index (χ1n) is 8.51. The molecule has 6 atom stereocenters. The summed E-state index contributed by atoms with van der Waals surface area (Å²) >= 11 is 0. The van der Waals surface area contributed by atoms with Crippen molar-refractivity contribution in [2.45, 2.75) is 83.3 Å². The van der Waals surface area contributed by atoms with Gasteiger partial charge < -0.3 is 23.7 Å². The van der Waals surface area contributed by atoms with Crippen molar-refractivity contribution in [3.63, 3.8) is 0 Å². The molecule has 24 heavy (non-hydrogen) atoms. The van der Waals surface area contributed by atoms with Gasteiger partial charge in [-0.2, -0.15) is 10.6 Å². The van der Waals surface area contributed by atoms with Gasteiger partial charge in [-0.3, -0.25) is 8.74 Å². The van der Waals surface area contributed by atoms with E-state index in [9.17, 15) is 4.55 Å². The minimum absolute atomic E-state index is 0.289. The fourth-order valence-electron chi connectivity index (χ4n) is 3.46. The lowest BCUT2D eigenvalue weighted by atomic mass is 10.1. The highest BCUT2D eigenvalue weighted by atomic mass is 32.3. The van der Waals surface area contributed by atoms with Gasteiger partial charge in [0.25, 0.3) is 0 Å². The third-order valence-corrected chi connectivity index (χ3v) is 6.13. The van der Waals surface area contributed by atoms with Gasteiger partial charge >= 0.3 is 0 Å². The zero-order valence-electron chi connectivity index (χ0n) is 15.3. The van der Waals surface area contributed by atoms with Crippen LogP contribution in [0.1, 0.15) is 41.0 Å². The van der Waals surface area contributed by atoms with Crippen LogP contribution in [-0.2, 0) is 27.9 Å². The van der Waals surface area contributed by atoms with Crippen molar-refractivity contribution in [3.05, 3.63) is 0 Å². The Labute approximate surface area is 145 Å². The number of hydrogen-bond acceptors (Lipinski definition) is 7. The number of ether oxygens (including phenoxy) is 5. The highest BCUT2D eigenvalue weighted by Gasteiger charge is 2.59. The van der Waals surface area contributed by atoms with Gasteiger partial charge in [0.05, 0.1) is 6.61 Å². The van der Waals surface area contributed by atoms with Crippen molar-refractivity contribution < 1.29 is 32.4 Å². The van der Waals surface area contributed by atoms with E-state index in [2.05, 4.69) is 0 Å². The molecule has 142 valence electrons. The normalized spacial score (nSPS) is 44.2. The van der Waals surface area contributed by atoms with E-state index in [0.717, 1.165) is 6.42 Å². The van der Waals surface area contributed by atoms with E-state index in [-0.39, 0.29) is 6.10 Å². The maximum atomic E-state index is 10.6. The van der Waals surface area contributed by atoms with Crippen molar-refractivity contribution in [1.82, 2.24) is 0 Å². The summed E-state index contributed by atoms with van der Waals surface area (Å²) in [6.07, 6.45) is 0.505. The van der Waals surface area contributed by atoms with Crippen molar-refractivity contribution in [1.29, 1.82) is 0 Å². The molecule has 0 bridgehead atoms. The van der Waals surface area contributed by atoms with Crippen LogP contribution in [0.25, 0.3) is 0 Å². The van der Waals surface area contributed by atoms with Gasteiger partial charge in [-0.1, -0.05) is 6.92 Å². The van der Waals surface area contributed by atoms with E-state index in [1.165, 1.54) is 0 Å². The zero-order valence-corrected chi connectivity index (χ0v) is 16.1. The molecule has 0 aromatic rings. The fourth-order valence-corrected chi connectivity index (χ4v) is 5.01. The van der Waals surface area contributed by atoms with Gasteiger partial charge in [-0.05, 0) is 34.1 Å². The minimum Gasteiger partial charge on any atom is -0.348 e. The lowest BCUT2D eigenvalue weighted by Gasteiger charge is -2.39. The minimum atomic E-state index is -2.19. The van der Waals surface area contributed by atoms with Gasteiger partial charge in [0, 0.05) is 12.0 Å². The number of hydrogen-bond donors (Lipinski definition) is 1. The van der Waals surface area contributed by atoms with E-state index in [1.807, 2.05) is 34.6 Å². The molecule has 7 nitrogen and oxygen atoms in total. The number of fused-ring (bicyclic) bond motifs is 1. The zero-order chi connectivity index (χ0) is 17.8. The molecule has 3 aliphatic rings. The molecule has 3 heterocycles. The Bertz CT molecular complexity index is 467. The smallest absolute Gasteiger partial charge is 0.190 e. The van der Waals surface area contributed by atoms with Gasteiger partial charge in [0.1, 0.15) is 24.4 Å². The highest BCUT2D eigenvalue weighted by Crippen LogP contribution is 2.49. The van der Waals surface area contributed by atoms with Gasteiger partial charge in [-0.25, -0.2) is 0 Å². The summed E-state index contributed by atoms with van der Waals surface area (Å²) in [5, 5.41) is 0. The molecular formula is C16H30O7S. The molecule has 0 spiro atoms. The van der Waals surface area contributed by atoms with Crippen LogP contribution in [0.15, 0.2) is 0 Å². The molecule has 6 unspecified atom stereocenters. The van der Waals surface area contributed by atoms with E-state index < -0.39 is 46.8 Å². The van der Waals surface area contributed by atoms with Crippen molar-refractivity contribution in [2.75, 3.05) is 18.6 Å². The molecule has 0 aliphatic carbocycles. The average Bonchev–Trinajstić information content (AvgIpc) is 3.01. The standard InChI is InChI=1S/C16H30O7S/c1-7-8-24(6,17)23-12-11(10-9-18-15(2,3)20-10)19-14-13(12)21-16(4,5)22-14/h10-14,17H,7-9H2,1-6H3. The molecular weight excluding hydrogens is 336 g/mol. The average molecular weight is 366 g/mol. The summed E-state index contributed by atoms with van der Waals surface area (Å²) in [7, 11) is -2.19. The Hall–Kier alpha value is 0.0700. The molecule has 1 N–H and O–H groups in total. The van der Waals surface area contributed by atoms with Gasteiger partial charge in [0.15, 0.2) is 17.9 Å². The Morgan fingerprint density at radius 2 is 1.79 bits per heavy atom. The van der Waals surface area contributed by atoms with Crippen molar-refractivity contribution >= 4 is 10.6 Å². The molecule has 0 radical (unpaired) electrons. The topological polar surface area (TPSA) is 75.6 Å². The molecule has 3 aliphatic heterocycles. The lowest BCUT2D eigenvalue weighted by molar-refractivity contribution is -0.230. The number of rotatable bonds is 5. The summed E-state index contributed by atoms with van der Waals surface area (Å²) in [5.74, 6) is -0.790. The van der Waals surface area contributed by atoms with Crippen LogP contribution >= 0.6 is 10.6 Å². The SMILES string of the molecule is CCCS(C)(O)OC1C(C2COC(C)(C)O2)OC2OC(C)(C)OC21. The highest BCUT2D eigenvalue weighted by molar-refractivity contribution is 8.24. The third kappa shape index (κ3) is 3.91. The van der Waals surface area contributed by atoms with Crippen LogP contribution < -0.4 is 0 Å². The largest absolute Gasteiger partial charge is 0.348 e. The Kier molecular flexibility index (Phi) is 4.99. The van der Waals surface area contributed by atoms with Gasteiger partial charge in [0.2, 0.25) is 0 Å². The van der Waals surface area contributed by atoms with Crippen LogP contribution in [-0.4, -0.2) is 65.4 Å². The summed E-state index contributed by atoms with van der Waals surface area (Å²) in [6, 6.07) is 0. The van der Waals surface area contributed by atoms with Gasteiger partial charge in [-0.15, -0.1) is 0 Å². The first kappa shape index (κ1) is 18.8. The van der Waals surface area contributed by atoms with Crippen LogP contribution in [0.4, 0.5) is 0 Å². The Balaban J connectivity index is 1.78. The van der Waals surface area contributed by atoms with Crippen molar-refractivity contribution in [2.24, 2.45) is 0 Å².